The number of rotatable bonds is 11. The summed E-state index contributed by atoms with van der Waals surface area (Å²) in [6.07, 6.45) is 2.71. The van der Waals surface area contributed by atoms with Crippen LogP contribution in [0.5, 0.6) is 0 Å². The average Bonchev–Trinajstić information content (AvgIpc) is 2.99. The number of hydrogen-bond donors (Lipinski definition) is 1. The standard InChI is InChI=1S/C31H40N4O3S/c1-33(39(37,38)30-16-10-5-11-17-30)25-28(27-14-8-4-9-15-27)18-21-35-22-19-29(20-23-35)34(2)31(36)32-24-26-12-6-3-7-13-26/h3-17,28-29H,18-25H2,1-2H3,(H,32,36). The molecule has 0 saturated carbocycles. The largest absolute Gasteiger partial charge is 0.334 e. The summed E-state index contributed by atoms with van der Waals surface area (Å²) < 4.78 is 27.8. The van der Waals surface area contributed by atoms with E-state index < -0.39 is 10.0 Å². The fraction of sp³-hybridized carbons (Fsp3) is 0.387. The lowest BCUT2D eigenvalue weighted by Crippen LogP contribution is -2.49. The molecule has 0 radical (unpaired) electrons. The molecule has 0 aromatic heterocycles. The maximum absolute atomic E-state index is 13.2. The number of piperidine rings is 1. The molecule has 8 heteroatoms. The third-order valence-electron chi connectivity index (χ3n) is 7.71. The number of nitrogens with zero attached hydrogens (tertiary/aromatic N) is 3. The van der Waals surface area contributed by atoms with E-state index in [1.54, 1.807) is 31.3 Å². The van der Waals surface area contributed by atoms with Crippen molar-refractivity contribution in [2.24, 2.45) is 0 Å². The first-order valence-corrected chi connectivity index (χ1v) is 15.1. The minimum Gasteiger partial charge on any atom is -0.334 e. The van der Waals surface area contributed by atoms with Gasteiger partial charge in [0.1, 0.15) is 0 Å². The van der Waals surface area contributed by atoms with Crippen LogP contribution in [0.4, 0.5) is 4.79 Å². The van der Waals surface area contributed by atoms with Gasteiger partial charge in [-0.2, -0.15) is 0 Å². The van der Waals surface area contributed by atoms with Crippen LogP contribution in [0.3, 0.4) is 0 Å². The first-order valence-electron chi connectivity index (χ1n) is 13.7. The Kier molecular flexibility index (Phi) is 10.1. The summed E-state index contributed by atoms with van der Waals surface area (Å²) in [6, 6.07) is 28.9. The van der Waals surface area contributed by atoms with E-state index in [1.165, 1.54) is 4.31 Å². The number of hydrogen-bond acceptors (Lipinski definition) is 4. The van der Waals surface area contributed by atoms with Gasteiger partial charge in [-0.25, -0.2) is 17.5 Å². The van der Waals surface area contributed by atoms with Crippen LogP contribution in [-0.4, -0.2) is 74.9 Å². The molecule has 1 unspecified atom stereocenters. The lowest BCUT2D eigenvalue weighted by atomic mass is 9.94. The Morgan fingerprint density at radius 3 is 2.08 bits per heavy atom. The van der Waals surface area contributed by atoms with Crippen LogP contribution in [0, 0.1) is 0 Å². The van der Waals surface area contributed by atoms with Gasteiger partial charge in [-0.1, -0.05) is 78.9 Å². The maximum atomic E-state index is 13.2. The fourth-order valence-electron chi connectivity index (χ4n) is 5.20. The second-order valence-corrected chi connectivity index (χ2v) is 12.4. The van der Waals surface area contributed by atoms with Crippen molar-refractivity contribution < 1.29 is 13.2 Å². The van der Waals surface area contributed by atoms with Gasteiger partial charge in [-0.05, 0) is 55.0 Å². The summed E-state index contributed by atoms with van der Waals surface area (Å²) in [5, 5.41) is 3.03. The summed E-state index contributed by atoms with van der Waals surface area (Å²) in [5.74, 6) is 0.0823. The molecule has 3 aromatic carbocycles. The average molecular weight is 549 g/mol. The molecule has 0 aliphatic carbocycles. The van der Waals surface area contributed by atoms with Crippen LogP contribution in [0.2, 0.25) is 0 Å². The van der Waals surface area contributed by atoms with Gasteiger partial charge in [-0.15, -0.1) is 0 Å². The van der Waals surface area contributed by atoms with E-state index in [1.807, 2.05) is 66.5 Å². The van der Waals surface area contributed by atoms with E-state index in [0.29, 0.717) is 18.0 Å². The van der Waals surface area contributed by atoms with Gasteiger partial charge in [0.05, 0.1) is 4.90 Å². The molecule has 0 spiro atoms. The number of urea groups is 1. The summed E-state index contributed by atoms with van der Waals surface area (Å²) in [7, 11) is -0.00338. The van der Waals surface area contributed by atoms with Gasteiger partial charge in [-0.3, -0.25) is 0 Å². The highest BCUT2D eigenvalue weighted by atomic mass is 32.2. The van der Waals surface area contributed by atoms with Crippen molar-refractivity contribution in [2.45, 2.75) is 42.7 Å². The van der Waals surface area contributed by atoms with Crippen molar-refractivity contribution in [3.63, 3.8) is 0 Å². The summed E-state index contributed by atoms with van der Waals surface area (Å²) >= 11 is 0. The van der Waals surface area contributed by atoms with E-state index in [0.717, 1.165) is 50.0 Å². The van der Waals surface area contributed by atoms with Gasteiger partial charge in [0.2, 0.25) is 10.0 Å². The van der Waals surface area contributed by atoms with Gasteiger partial charge >= 0.3 is 6.03 Å². The number of benzene rings is 3. The second-order valence-electron chi connectivity index (χ2n) is 10.3. The Morgan fingerprint density at radius 2 is 1.46 bits per heavy atom. The molecule has 4 rings (SSSR count). The van der Waals surface area contributed by atoms with E-state index >= 15 is 0 Å². The van der Waals surface area contributed by atoms with Crippen LogP contribution in [0.15, 0.2) is 95.9 Å². The predicted octanol–water partition coefficient (Wildman–Crippen LogP) is 4.79. The second kappa shape index (κ2) is 13.7. The normalized spacial score (nSPS) is 15.7. The van der Waals surface area contributed by atoms with Crippen LogP contribution >= 0.6 is 0 Å². The molecular weight excluding hydrogens is 508 g/mol. The quantitative estimate of drug-likeness (QED) is 0.374. The minimum absolute atomic E-state index is 0.0379. The number of carbonyl (C=O) groups is 1. The van der Waals surface area contributed by atoms with E-state index in [-0.39, 0.29) is 18.0 Å². The smallest absolute Gasteiger partial charge is 0.317 e. The molecule has 39 heavy (non-hydrogen) atoms. The first-order chi connectivity index (χ1) is 18.8. The van der Waals surface area contributed by atoms with Crippen LogP contribution in [0.25, 0.3) is 0 Å². The predicted molar refractivity (Wildman–Crippen MR) is 156 cm³/mol. The van der Waals surface area contributed by atoms with Crippen molar-refractivity contribution >= 4 is 16.1 Å². The molecule has 1 fully saturated rings. The zero-order valence-electron chi connectivity index (χ0n) is 22.9. The fourth-order valence-corrected chi connectivity index (χ4v) is 6.44. The molecule has 1 heterocycles. The molecule has 0 bridgehead atoms. The van der Waals surface area contributed by atoms with Crippen molar-refractivity contribution in [2.75, 3.05) is 40.3 Å². The Morgan fingerprint density at radius 1 is 0.897 bits per heavy atom. The summed E-state index contributed by atoms with van der Waals surface area (Å²) in [4.78, 5) is 17.3. The van der Waals surface area contributed by atoms with Crippen molar-refractivity contribution in [1.29, 1.82) is 0 Å². The maximum Gasteiger partial charge on any atom is 0.317 e. The Balaban J connectivity index is 1.29. The SMILES string of the molecule is CN(C(=O)NCc1ccccc1)C1CCN(CCC(CN(C)S(=O)(=O)c2ccccc2)c2ccccc2)CC1. The molecule has 208 valence electrons. The van der Waals surface area contributed by atoms with Crippen molar-refractivity contribution in [3.8, 4) is 0 Å². The van der Waals surface area contributed by atoms with Gasteiger partial charge in [0.25, 0.3) is 0 Å². The number of likely N-dealkylation sites (tertiary alicyclic amines) is 1. The molecule has 1 saturated heterocycles. The van der Waals surface area contributed by atoms with Gasteiger partial charge in [0, 0.05) is 46.3 Å². The Labute approximate surface area is 233 Å². The lowest BCUT2D eigenvalue weighted by Gasteiger charge is -2.37. The zero-order valence-corrected chi connectivity index (χ0v) is 23.8. The molecule has 2 amide bonds. The van der Waals surface area contributed by atoms with Crippen LogP contribution in [-0.2, 0) is 16.6 Å². The Hall–Kier alpha value is -3.20. The first kappa shape index (κ1) is 28.8. The molecule has 1 N–H and O–H groups in total. The minimum atomic E-state index is -3.56. The number of likely N-dealkylation sites (N-methyl/N-ethyl adjacent to an activating group) is 1. The van der Waals surface area contributed by atoms with E-state index in [4.69, 9.17) is 0 Å². The number of sulfonamides is 1. The zero-order chi connectivity index (χ0) is 27.7. The molecule has 1 atom stereocenters. The Bertz CT molecular complexity index is 1260. The monoisotopic (exact) mass is 548 g/mol. The molecule has 7 nitrogen and oxygen atoms in total. The van der Waals surface area contributed by atoms with E-state index in [9.17, 15) is 13.2 Å². The number of carbonyl (C=O) groups excluding carboxylic acids is 1. The third-order valence-corrected chi connectivity index (χ3v) is 9.54. The van der Waals surface area contributed by atoms with Crippen LogP contribution in [0.1, 0.15) is 36.3 Å². The molecule has 1 aliphatic heterocycles. The molecule has 3 aromatic rings. The van der Waals surface area contributed by atoms with Gasteiger partial charge < -0.3 is 15.1 Å². The molecular formula is C31H40N4O3S. The summed E-state index contributed by atoms with van der Waals surface area (Å²) in [5.41, 5.74) is 2.24. The highest BCUT2D eigenvalue weighted by Crippen LogP contribution is 2.25. The summed E-state index contributed by atoms with van der Waals surface area (Å²) in [6.45, 7) is 3.66. The topological polar surface area (TPSA) is 73.0 Å². The van der Waals surface area contributed by atoms with Crippen molar-refractivity contribution in [1.82, 2.24) is 19.4 Å². The van der Waals surface area contributed by atoms with Crippen LogP contribution < -0.4 is 5.32 Å². The van der Waals surface area contributed by atoms with Crippen molar-refractivity contribution in [3.05, 3.63) is 102 Å². The highest BCUT2D eigenvalue weighted by molar-refractivity contribution is 7.89. The number of nitrogens with one attached hydrogen (secondary N) is 1. The third kappa shape index (κ3) is 7.91. The molecule has 1 aliphatic rings. The lowest BCUT2D eigenvalue weighted by molar-refractivity contribution is 0.132. The number of amides is 2. The highest BCUT2D eigenvalue weighted by Gasteiger charge is 2.28. The van der Waals surface area contributed by atoms with Gasteiger partial charge in [0.15, 0.2) is 0 Å². The van der Waals surface area contributed by atoms with E-state index in [2.05, 4.69) is 22.3 Å².